The zero-order valence-corrected chi connectivity index (χ0v) is 18.8. The van der Waals surface area contributed by atoms with E-state index in [0.717, 1.165) is 44.5 Å². The van der Waals surface area contributed by atoms with Gasteiger partial charge < -0.3 is 25.4 Å². The first-order valence-corrected chi connectivity index (χ1v) is 11.2. The number of carbonyl (C=O) groups is 1. The Balaban J connectivity index is 1.50. The summed E-state index contributed by atoms with van der Waals surface area (Å²) in [5, 5.41) is 2.80. The van der Waals surface area contributed by atoms with Crippen LogP contribution in [0.25, 0.3) is 0 Å². The van der Waals surface area contributed by atoms with Crippen LogP contribution in [0.3, 0.4) is 0 Å². The van der Waals surface area contributed by atoms with Gasteiger partial charge >= 0.3 is 6.01 Å². The van der Waals surface area contributed by atoms with E-state index in [1.807, 2.05) is 4.90 Å². The third-order valence-electron chi connectivity index (χ3n) is 5.86. The van der Waals surface area contributed by atoms with Crippen molar-refractivity contribution in [1.82, 2.24) is 14.9 Å². The minimum Gasteiger partial charge on any atom is -0.463 e. The number of hydrogen-bond acceptors (Lipinski definition) is 8. The number of nitrogen functional groups attached to an aromatic ring is 1. The zero-order chi connectivity index (χ0) is 22.5. The quantitative estimate of drug-likeness (QED) is 0.573. The Morgan fingerprint density at radius 3 is 2.81 bits per heavy atom. The zero-order valence-electron chi connectivity index (χ0n) is 18.8. The Bertz CT molecular complexity index is 953. The van der Waals surface area contributed by atoms with E-state index in [9.17, 15) is 4.79 Å². The predicted molar refractivity (Wildman–Crippen MR) is 124 cm³/mol. The molecular formula is C23H32N6O3. The molecule has 0 radical (unpaired) electrons. The van der Waals surface area contributed by atoms with Crippen LogP contribution in [-0.4, -0.2) is 60.2 Å². The highest BCUT2D eigenvalue weighted by atomic mass is 16.5. The molecule has 1 amide bonds. The first kappa shape index (κ1) is 22.3. The Kier molecular flexibility index (Phi) is 7.06. The first-order chi connectivity index (χ1) is 15.6. The van der Waals surface area contributed by atoms with Crippen molar-refractivity contribution in [3.63, 3.8) is 0 Å². The normalized spacial score (nSPS) is 18.5. The van der Waals surface area contributed by atoms with Gasteiger partial charge in [-0.2, -0.15) is 9.97 Å². The summed E-state index contributed by atoms with van der Waals surface area (Å²) in [4.78, 5) is 25.4. The van der Waals surface area contributed by atoms with Gasteiger partial charge in [0.25, 0.3) is 0 Å². The third-order valence-corrected chi connectivity index (χ3v) is 5.86. The number of benzene rings is 1. The van der Waals surface area contributed by atoms with Gasteiger partial charge in [0.15, 0.2) is 11.6 Å². The number of anilines is 3. The average molecular weight is 441 g/mol. The van der Waals surface area contributed by atoms with Crippen LogP contribution in [0.4, 0.5) is 17.3 Å². The Labute approximate surface area is 188 Å². The minimum absolute atomic E-state index is 0.133. The minimum atomic E-state index is -0.133. The molecule has 1 fully saturated rings. The monoisotopic (exact) mass is 440 g/mol. The number of hydrogen-bond donors (Lipinski definition) is 2. The highest BCUT2D eigenvalue weighted by Gasteiger charge is 2.28. The number of ether oxygens (including phenoxy) is 2. The van der Waals surface area contributed by atoms with E-state index in [2.05, 4.69) is 51.4 Å². The lowest BCUT2D eigenvalue weighted by Gasteiger charge is -2.30. The van der Waals surface area contributed by atoms with Crippen molar-refractivity contribution in [2.75, 3.05) is 49.3 Å². The summed E-state index contributed by atoms with van der Waals surface area (Å²) < 4.78 is 11.2. The van der Waals surface area contributed by atoms with Gasteiger partial charge in [-0.25, -0.2) is 0 Å². The van der Waals surface area contributed by atoms with Gasteiger partial charge in [-0.3, -0.25) is 9.69 Å². The van der Waals surface area contributed by atoms with Crippen molar-refractivity contribution in [3.05, 3.63) is 35.4 Å². The van der Waals surface area contributed by atoms with Crippen LogP contribution in [0.15, 0.2) is 24.3 Å². The highest BCUT2D eigenvalue weighted by molar-refractivity contribution is 6.03. The van der Waals surface area contributed by atoms with Gasteiger partial charge in [0.05, 0.1) is 19.3 Å². The van der Waals surface area contributed by atoms with Gasteiger partial charge in [0.1, 0.15) is 5.69 Å². The number of nitrogens with two attached hydrogens (primary N) is 1. The molecule has 1 aromatic heterocycles. The molecule has 9 heteroatoms. The lowest BCUT2D eigenvalue weighted by Crippen LogP contribution is -2.39. The van der Waals surface area contributed by atoms with E-state index in [-0.39, 0.29) is 24.3 Å². The fourth-order valence-electron chi connectivity index (χ4n) is 4.16. The van der Waals surface area contributed by atoms with Crippen LogP contribution in [-0.2, 0) is 22.6 Å². The number of nitrogens with one attached hydrogen (secondary N) is 1. The molecule has 1 saturated heterocycles. The molecule has 9 nitrogen and oxygen atoms in total. The number of methoxy groups -OCH3 is 1. The number of aromatic nitrogens is 2. The van der Waals surface area contributed by atoms with Gasteiger partial charge in [-0.1, -0.05) is 37.6 Å². The molecule has 0 unspecified atom stereocenters. The largest absolute Gasteiger partial charge is 0.463 e. The lowest BCUT2D eigenvalue weighted by molar-refractivity contribution is -0.115. The fourth-order valence-corrected chi connectivity index (χ4v) is 4.16. The maximum Gasteiger partial charge on any atom is 0.320 e. The Hall–Kier alpha value is -2.91. The first-order valence-electron chi connectivity index (χ1n) is 11.2. The van der Waals surface area contributed by atoms with Crippen molar-refractivity contribution in [2.24, 2.45) is 0 Å². The summed E-state index contributed by atoms with van der Waals surface area (Å²) in [6.07, 6.45) is 3.32. The molecule has 3 N–H and O–H groups in total. The molecular weight excluding hydrogens is 408 g/mol. The molecule has 4 rings (SSSR count). The average Bonchev–Trinajstić information content (AvgIpc) is 3.22. The maximum atomic E-state index is 12.3. The van der Waals surface area contributed by atoms with E-state index in [4.69, 9.17) is 15.2 Å². The molecule has 1 aromatic carbocycles. The Morgan fingerprint density at radius 2 is 2.06 bits per heavy atom. The SMILES string of the molecule is CCCCOc1nc(N)c2c(n1)N(Cc1cccc(CN3CC[C@H](OC)C3)c1)CC(=O)N2. The topological polar surface area (TPSA) is 106 Å². The smallest absolute Gasteiger partial charge is 0.320 e. The summed E-state index contributed by atoms with van der Waals surface area (Å²) in [5.41, 5.74) is 8.91. The van der Waals surface area contributed by atoms with E-state index < -0.39 is 0 Å². The summed E-state index contributed by atoms with van der Waals surface area (Å²) in [5.74, 6) is 0.679. The Morgan fingerprint density at radius 1 is 1.25 bits per heavy atom. The highest BCUT2D eigenvalue weighted by Crippen LogP contribution is 2.34. The van der Waals surface area contributed by atoms with Crippen molar-refractivity contribution in [1.29, 1.82) is 0 Å². The number of carbonyl (C=O) groups excluding carboxylic acids is 1. The van der Waals surface area contributed by atoms with Gasteiger partial charge in [0, 0.05) is 33.3 Å². The molecule has 2 aliphatic heterocycles. The summed E-state index contributed by atoms with van der Waals surface area (Å²) >= 11 is 0. The van der Waals surface area contributed by atoms with Gasteiger partial charge in [-0.15, -0.1) is 0 Å². The number of amides is 1. The molecule has 0 aliphatic carbocycles. The van der Waals surface area contributed by atoms with Crippen LogP contribution in [0.2, 0.25) is 0 Å². The van der Waals surface area contributed by atoms with E-state index in [1.54, 1.807) is 7.11 Å². The number of rotatable bonds is 9. The lowest BCUT2D eigenvalue weighted by atomic mass is 10.1. The standard InChI is InChI=1S/C23H32N6O3/c1-3-4-10-32-23-26-21(24)20-22(27-23)29(15-19(30)25-20)13-17-7-5-6-16(11-17)12-28-9-8-18(14-28)31-2/h5-7,11,18H,3-4,8-10,12-15H2,1-2H3,(H,25,30)(H2,24,26,27)/t18-/m0/s1. The summed E-state index contributed by atoms with van der Waals surface area (Å²) in [7, 11) is 1.78. The van der Waals surface area contributed by atoms with Crippen LogP contribution >= 0.6 is 0 Å². The van der Waals surface area contributed by atoms with Crippen LogP contribution in [0.5, 0.6) is 6.01 Å². The van der Waals surface area contributed by atoms with Crippen molar-refractivity contribution >= 4 is 23.2 Å². The molecule has 2 aromatic rings. The van der Waals surface area contributed by atoms with Crippen LogP contribution < -0.4 is 20.7 Å². The van der Waals surface area contributed by atoms with Crippen molar-refractivity contribution < 1.29 is 14.3 Å². The van der Waals surface area contributed by atoms with Gasteiger partial charge in [0.2, 0.25) is 5.91 Å². The molecule has 172 valence electrons. The van der Waals surface area contributed by atoms with Gasteiger partial charge in [-0.05, 0) is 24.0 Å². The summed E-state index contributed by atoms with van der Waals surface area (Å²) in [6.45, 7) is 6.25. The number of nitrogens with zero attached hydrogens (tertiary/aromatic N) is 4. The second kappa shape index (κ2) is 10.1. The second-order valence-electron chi connectivity index (χ2n) is 8.40. The van der Waals surface area contributed by atoms with Crippen LogP contribution in [0.1, 0.15) is 37.3 Å². The van der Waals surface area contributed by atoms with Crippen LogP contribution in [0, 0.1) is 0 Å². The van der Waals surface area contributed by atoms with Crippen molar-refractivity contribution in [2.45, 2.75) is 45.4 Å². The second-order valence-corrected chi connectivity index (χ2v) is 8.40. The molecule has 0 saturated carbocycles. The third kappa shape index (κ3) is 5.28. The molecule has 0 spiro atoms. The molecule has 32 heavy (non-hydrogen) atoms. The fraction of sp³-hybridized carbons (Fsp3) is 0.522. The molecule has 0 bridgehead atoms. The number of likely N-dealkylation sites (tertiary alicyclic amines) is 1. The molecule has 1 atom stereocenters. The maximum absolute atomic E-state index is 12.3. The van der Waals surface area contributed by atoms with E-state index in [0.29, 0.717) is 30.8 Å². The van der Waals surface area contributed by atoms with Crippen molar-refractivity contribution in [3.8, 4) is 6.01 Å². The van der Waals surface area contributed by atoms with E-state index in [1.165, 1.54) is 5.56 Å². The number of fused-ring (bicyclic) bond motifs is 1. The summed E-state index contributed by atoms with van der Waals surface area (Å²) in [6, 6.07) is 8.70. The van der Waals surface area contributed by atoms with E-state index >= 15 is 0 Å². The predicted octanol–water partition coefficient (Wildman–Crippen LogP) is 2.42. The molecule has 3 heterocycles. The molecule has 2 aliphatic rings. The number of unbranched alkanes of at least 4 members (excludes halogenated alkanes) is 1.